The molecule has 0 aliphatic heterocycles. The number of alkyl halides is 1. The number of halogens is 1. The van der Waals surface area contributed by atoms with E-state index < -0.39 is 0 Å². The van der Waals surface area contributed by atoms with Crippen LogP contribution in [0.1, 0.15) is 25.8 Å². The molecular weight excluding hydrogens is 264 g/mol. The molecule has 1 aromatic carbocycles. The number of hydrogen-bond acceptors (Lipinski definition) is 3. The molecule has 0 saturated heterocycles. The topological polar surface area (TPSA) is 27.7 Å². The van der Waals surface area contributed by atoms with E-state index in [0.717, 1.165) is 24.3 Å². The number of ether oxygens (including phenoxy) is 3. The normalized spacial score (nSPS) is 25.8. The molecule has 1 fully saturated rings. The van der Waals surface area contributed by atoms with Crippen molar-refractivity contribution in [1.29, 1.82) is 0 Å². The Morgan fingerprint density at radius 2 is 2.05 bits per heavy atom. The van der Waals surface area contributed by atoms with Crippen LogP contribution in [0.25, 0.3) is 0 Å². The summed E-state index contributed by atoms with van der Waals surface area (Å²) in [6, 6.07) is 6.04. The van der Waals surface area contributed by atoms with Crippen molar-refractivity contribution in [3.05, 3.63) is 23.8 Å². The molecule has 3 unspecified atom stereocenters. The molecular formula is C15H21ClO3. The fourth-order valence-electron chi connectivity index (χ4n) is 2.24. The third kappa shape index (κ3) is 3.15. The van der Waals surface area contributed by atoms with Gasteiger partial charge in [0.05, 0.1) is 12.5 Å². The van der Waals surface area contributed by atoms with E-state index >= 15 is 0 Å². The zero-order valence-electron chi connectivity index (χ0n) is 11.7. The van der Waals surface area contributed by atoms with Crippen LogP contribution < -0.4 is 9.47 Å². The zero-order valence-corrected chi connectivity index (χ0v) is 12.4. The summed E-state index contributed by atoms with van der Waals surface area (Å²) in [5, 5.41) is 0.0471. The molecule has 2 rings (SSSR count). The zero-order chi connectivity index (χ0) is 13.8. The van der Waals surface area contributed by atoms with E-state index in [1.54, 1.807) is 7.11 Å². The van der Waals surface area contributed by atoms with Crippen molar-refractivity contribution >= 4 is 11.6 Å². The summed E-state index contributed by atoms with van der Waals surface area (Å²) in [6.45, 7) is 4.74. The molecule has 0 N–H and O–H groups in total. The summed E-state index contributed by atoms with van der Waals surface area (Å²) in [4.78, 5) is 0. The molecule has 1 aliphatic carbocycles. The Kier molecular flexibility index (Phi) is 4.94. The molecule has 0 amide bonds. The lowest BCUT2D eigenvalue weighted by molar-refractivity contribution is -0.0765. The maximum Gasteiger partial charge on any atom is 0.161 e. The highest BCUT2D eigenvalue weighted by Gasteiger charge is 2.42. The van der Waals surface area contributed by atoms with E-state index in [2.05, 4.69) is 13.0 Å². The van der Waals surface area contributed by atoms with Crippen molar-refractivity contribution in [1.82, 2.24) is 0 Å². The van der Waals surface area contributed by atoms with Gasteiger partial charge in [0.2, 0.25) is 0 Å². The molecule has 1 aromatic rings. The summed E-state index contributed by atoms with van der Waals surface area (Å²) < 4.78 is 16.9. The van der Waals surface area contributed by atoms with Crippen LogP contribution in [0.15, 0.2) is 18.2 Å². The van der Waals surface area contributed by atoms with Gasteiger partial charge < -0.3 is 14.2 Å². The highest BCUT2D eigenvalue weighted by atomic mass is 35.5. The number of hydrogen-bond donors (Lipinski definition) is 0. The van der Waals surface area contributed by atoms with Gasteiger partial charge in [-0.3, -0.25) is 0 Å². The summed E-state index contributed by atoms with van der Waals surface area (Å²) in [5.74, 6) is 1.53. The van der Waals surface area contributed by atoms with Crippen LogP contribution in [-0.4, -0.2) is 31.3 Å². The minimum Gasteiger partial charge on any atom is -0.493 e. The summed E-state index contributed by atoms with van der Waals surface area (Å²) in [6.07, 6.45) is 1.78. The Labute approximate surface area is 119 Å². The molecule has 0 heterocycles. The van der Waals surface area contributed by atoms with Gasteiger partial charge in [-0.1, -0.05) is 13.0 Å². The van der Waals surface area contributed by atoms with Gasteiger partial charge in [-0.2, -0.15) is 0 Å². The van der Waals surface area contributed by atoms with E-state index in [9.17, 15) is 0 Å². The number of aryl methyl sites for hydroxylation is 1. The third-order valence-electron chi connectivity index (χ3n) is 3.45. The van der Waals surface area contributed by atoms with Crippen molar-refractivity contribution in [2.45, 2.75) is 44.3 Å². The maximum atomic E-state index is 6.14. The van der Waals surface area contributed by atoms with Crippen LogP contribution in [0.4, 0.5) is 0 Å². The van der Waals surface area contributed by atoms with Crippen molar-refractivity contribution in [2.75, 3.05) is 13.7 Å². The number of methoxy groups -OCH3 is 1. The standard InChI is InChI=1S/C15H21ClO3/c1-4-10-6-7-12(13(8-10)17-3)19-14-9-11(16)15(14)18-5-2/h6-8,11,14-15H,4-5,9H2,1-3H3. The second-order valence-electron chi connectivity index (χ2n) is 4.67. The molecule has 0 radical (unpaired) electrons. The smallest absolute Gasteiger partial charge is 0.161 e. The van der Waals surface area contributed by atoms with E-state index in [0.29, 0.717) is 6.61 Å². The van der Waals surface area contributed by atoms with Crippen molar-refractivity contribution in [2.24, 2.45) is 0 Å². The first-order valence-electron chi connectivity index (χ1n) is 6.78. The second kappa shape index (κ2) is 6.49. The Morgan fingerprint density at radius 3 is 2.63 bits per heavy atom. The van der Waals surface area contributed by atoms with Gasteiger partial charge in [-0.15, -0.1) is 11.6 Å². The average molecular weight is 285 g/mol. The van der Waals surface area contributed by atoms with Crippen LogP contribution in [0, 0.1) is 0 Å². The van der Waals surface area contributed by atoms with Crippen LogP contribution in [0.3, 0.4) is 0 Å². The van der Waals surface area contributed by atoms with E-state index in [-0.39, 0.29) is 17.6 Å². The Balaban J connectivity index is 2.06. The van der Waals surface area contributed by atoms with E-state index in [1.165, 1.54) is 5.56 Å². The summed E-state index contributed by atoms with van der Waals surface area (Å²) in [7, 11) is 1.66. The van der Waals surface area contributed by atoms with Gasteiger partial charge >= 0.3 is 0 Å². The molecule has 1 saturated carbocycles. The second-order valence-corrected chi connectivity index (χ2v) is 5.23. The molecule has 0 aromatic heterocycles. The van der Waals surface area contributed by atoms with Crippen molar-refractivity contribution < 1.29 is 14.2 Å². The fourth-order valence-corrected chi connectivity index (χ4v) is 2.65. The van der Waals surface area contributed by atoms with Crippen molar-refractivity contribution in [3.8, 4) is 11.5 Å². The maximum absolute atomic E-state index is 6.14. The fraction of sp³-hybridized carbons (Fsp3) is 0.600. The van der Waals surface area contributed by atoms with E-state index in [4.69, 9.17) is 25.8 Å². The highest BCUT2D eigenvalue weighted by Crippen LogP contribution is 2.36. The lowest BCUT2D eigenvalue weighted by Gasteiger charge is -2.40. The highest BCUT2D eigenvalue weighted by molar-refractivity contribution is 6.21. The lowest BCUT2D eigenvalue weighted by Crippen LogP contribution is -2.52. The quantitative estimate of drug-likeness (QED) is 0.749. The Hall–Kier alpha value is -0.930. The van der Waals surface area contributed by atoms with Gasteiger partial charge in [-0.25, -0.2) is 0 Å². The number of benzene rings is 1. The van der Waals surface area contributed by atoms with Crippen LogP contribution in [0.2, 0.25) is 0 Å². The van der Waals surface area contributed by atoms with Crippen molar-refractivity contribution in [3.63, 3.8) is 0 Å². The lowest BCUT2D eigenvalue weighted by atomic mass is 9.91. The predicted octanol–water partition coefficient (Wildman–Crippen LogP) is 3.42. The first-order valence-corrected chi connectivity index (χ1v) is 7.22. The molecule has 1 aliphatic rings. The molecule has 0 bridgehead atoms. The summed E-state index contributed by atoms with van der Waals surface area (Å²) >= 11 is 6.14. The first kappa shape index (κ1) is 14.5. The third-order valence-corrected chi connectivity index (χ3v) is 3.88. The molecule has 3 atom stereocenters. The van der Waals surface area contributed by atoms with Gasteiger partial charge in [0, 0.05) is 13.0 Å². The SMILES string of the molecule is CCOC1C(Cl)CC1Oc1ccc(CC)cc1OC. The number of rotatable bonds is 6. The molecule has 106 valence electrons. The average Bonchev–Trinajstić information content (AvgIpc) is 2.44. The molecule has 4 heteroatoms. The Bertz CT molecular complexity index is 422. The van der Waals surface area contributed by atoms with E-state index in [1.807, 2.05) is 19.1 Å². The minimum atomic E-state index is -0.0257. The molecule has 0 spiro atoms. The Morgan fingerprint density at radius 1 is 1.26 bits per heavy atom. The van der Waals surface area contributed by atoms with Crippen LogP contribution in [-0.2, 0) is 11.2 Å². The van der Waals surface area contributed by atoms with Gasteiger partial charge in [0.1, 0.15) is 12.2 Å². The van der Waals surface area contributed by atoms with Gasteiger partial charge in [-0.05, 0) is 31.0 Å². The van der Waals surface area contributed by atoms with Crippen LogP contribution >= 0.6 is 11.6 Å². The minimum absolute atomic E-state index is 0.0174. The largest absolute Gasteiger partial charge is 0.493 e. The predicted molar refractivity (Wildman–Crippen MR) is 76.5 cm³/mol. The monoisotopic (exact) mass is 284 g/mol. The van der Waals surface area contributed by atoms with Gasteiger partial charge in [0.15, 0.2) is 11.5 Å². The summed E-state index contributed by atoms with van der Waals surface area (Å²) in [5.41, 5.74) is 1.23. The van der Waals surface area contributed by atoms with Crippen LogP contribution in [0.5, 0.6) is 11.5 Å². The first-order chi connectivity index (χ1) is 9.19. The van der Waals surface area contributed by atoms with Gasteiger partial charge in [0.25, 0.3) is 0 Å². The molecule has 3 nitrogen and oxygen atoms in total. The molecule has 19 heavy (non-hydrogen) atoms.